The molecule has 3 aromatic rings. The van der Waals surface area contributed by atoms with Gasteiger partial charge in [0.05, 0.1) is 18.0 Å². The molecule has 146 valence electrons. The number of halogens is 1. The molecule has 6 nitrogen and oxygen atoms in total. The Balaban J connectivity index is 1.74. The second-order valence-corrected chi connectivity index (χ2v) is 8.00. The second-order valence-electron chi connectivity index (χ2n) is 6.28. The van der Waals surface area contributed by atoms with Crippen molar-refractivity contribution in [2.24, 2.45) is 7.05 Å². The van der Waals surface area contributed by atoms with E-state index in [1.807, 2.05) is 55.8 Å². The molecule has 8 heteroatoms. The van der Waals surface area contributed by atoms with Gasteiger partial charge in [-0.15, -0.1) is 10.2 Å². The summed E-state index contributed by atoms with van der Waals surface area (Å²) >= 11 is 7.47. The maximum absolute atomic E-state index is 12.7. The van der Waals surface area contributed by atoms with Gasteiger partial charge in [-0.05, 0) is 25.5 Å². The van der Waals surface area contributed by atoms with E-state index in [9.17, 15) is 4.79 Å². The zero-order valence-corrected chi connectivity index (χ0v) is 17.6. The van der Waals surface area contributed by atoms with Gasteiger partial charge in [0.25, 0.3) is 0 Å². The molecule has 28 heavy (non-hydrogen) atoms. The summed E-state index contributed by atoms with van der Waals surface area (Å²) < 4.78 is 7.20. The molecule has 1 heterocycles. The van der Waals surface area contributed by atoms with Crippen molar-refractivity contribution in [3.8, 4) is 17.1 Å². The Morgan fingerprint density at radius 3 is 2.64 bits per heavy atom. The number of methoxy groups -OCH3 is 1. The molecule has 2 aromatic carbocycles. The van der Waals surface area contributed by atoms with E-state index in [0.717, 1.165) is 17.0 Å². The molecule has 3 rings (SSSR count). The summed E-state index contributed by atoms with van der Waals surface area (Å²) in [6.45, 7) is 3.70. The quantitative estimate of drug-likeness (QED) is 0.596. The number of benzene rings is 2. The second kappa shape index (κ2) is 8.67. The highest BCUT2D eigenvalue weighted by Crippen LogP contribution is 2.32. The summed E-state index contributed by atoms with van der Waals surface area (Å²) in [4.78, 5) is 12.7. The normalized spacial score (nSPS) is 11.9. The first-order valence-electron chi connectivity index (χ1n) is 8.67. The Kier molecular flexibility index (Phi) is 6.26. The minimum Gasteiger partial charge on any atom is -0.495 e. The van der Waals surface area contributed by atoms with Crippen LogP contribution in [0.5, 0.6) is 5.75 Å². The number of carbonyl (C=O) groups is 1. The Hall–Kier alpha value is -2.51. The van der Waals surface area contributed by atoms with Crippen molar-refractivity contribution in [1.29, 1.82) is 0 Å². The van der Waals surface area contributed by atoms with Gasteiger partial charge in [0.15, 0.2) is 11.0 Å². The van der Waals surface area contributed by atoms with Crippen molar-refractivity contribution < 1.29 is 9.53 Å². The lowest BCUT2D eigenvalue weighted by molar-refractivity contribution is -0.115. The van der Waals surface area contributed by atoms with E-state index in [1.54, 1.807) is 19.2 Å². The Bertz CT molecular complexity index is 991. The lowest BCUT2D eigenvalue weighted by Gasteiger charge is -2.15. The van der Waals surface area contributed by atoms with E-state index in [4.69, 9.17) is 16.3 Å². The van der Waals surface area contributed by atoms with Crippen LogP contribution in [0, 0.1) is 6.92 Å². The average Bonchev–Trinajstić information content (AvgIpc) is 3.05. The number of aryl methyl sites for hydroxylation is 1. The van der Waals surface area contributed by atoms with Crippen LogP contribution in [0.25, 0.3) is 11.4 Å². The van der Waals surface area contributed by atoms with Crippen LogP contribution in [0.2, 0.25) is 5.02 Å². The van der Waals surface area contributed by atoms with E-state index < -0.39 is 0 Å². The van der Waals surface area contributed by atoms with Crippen LogP contribution < -0.4 is 10.1 Å². The summed E-state index contributed by atoms with van der Waals surface area (Å²) in [6.07, 6.45) is 0. The molecule has 0 aliphatic carbocycles. The zero-order valence-electron chi connectivity index (χ0n) is 16.1. The van der Waals surface area contributed by atoms with E-state index in [1.165, 1.54) is 11.8 Å². The fraction of sp³-hybridized carbons (Fsp3) is 0.250. The van der Waals surface area contributed by atoms with E-state index in [-0.39, 0.29) is 11.2 Å². The number of nitrogens with zero attached hydrogens (tertiary/aromatic N) is 3. The molecule has 0 fully saturated rings. The SMILES string of the molecule is COc1cc(Cl)c(C)cc1NC(=O)[C@@H](C)Sc1nnc(-c2ccccc2)n1C. The average molecular weight is 417 g/mol. The van der Waals surface area contributed by atoms with Gasteiger partial charge in [-0.25, -0.2) is 0 Å². The van der Waals surface area contributed by atoms with Gasteiger partial charge in [0, 0.05) is 23.7 Å². The van der Waals surface area contributed by atoms with Gasteiger partial charge < -0.3 is 14.6 Å². The molecule has 0 spiro atoms. The van der Waals surface area contributed by atoms with Crippen LogP contribution in [-0.2, 0) is 11.8 Å². The highest BCUT2D eigenvalue weighted by molar-refractivity contribution is 8.00. The lowest BCUT2D eigenvalue weighted by Crippen LogP contribution is -2.23. The van der Waals surface area contributed by atoms with Crippen LogP contribution in [0.4, 0.5) is 5.69 Å². The number of amides is 1. The number of ether oxygens (including phenoxy) is 1. The molecule has 0 aliphatic heterocycles. The number of rotatable bonds is 6. The van der Waals surface area contributed by atoms with E-state index >= 15 is 0 Å². The minimum absolute atomic E-state index is 0.158. The van der Waals surface area contributed by atoms with Crippen molar-refractivity contribution in [2.75, 3.05) is 12.4 Å². The molecule has 1 amide bonds. The molecule has 0 unspecified atom stereocenters. The third-order valence-corrected chi connectivity index (χ3v) is 5.80. The summed E-state index contributed by atoms with van der Waals surface area (Å²) in [5, 5.41) is 12.3. The van der Waals surface area contributed by atoms with Crippen molar-refractivity contribution in [1.82, 2.24) is 14.8 Å². The maximum Gasteiger partial charge on any atom is 0.237 e. The largest absolute Gasteiger partial charge is 0.495 e. The zero-order chi connectivity index (χ0) is 20.3. The topological polar surface area (TPSA) is 69.0 Å². The monoisotopic (exact) mass is 416 g/mol. The predicted octanol–water partition coefficient (Wildman–Crippen LogP) is 4.57. The molecular formula is C20H21ClN4O2S. The molecule has 0 saturated carbocycles. The lowest BCUT2D eigenvalue weighted by atomic mass is 10.2. The van der Waals surface area contributed by atoms with Crippen LogP contribution in [0.1, 0.15) is 12.5 Å². The molecule has 0 bridgehead atoms. The van der Waals surface area contributed by atoms with Crippen molar-refractivity contribution in [3.63, 3.8) is 0 Å². The van der Waals surface area contributed by atoms with Gasteiger partial charge in [0.2, 0.25) is 5.91 Å². The van der Waals surface area contributed by atoms with Crippen LogP contribution in [0.15, 0.2) is 47.6 Å². The summed E-state index contributed by atoms with van der Waals surface area (Å²) in [7, 11) is 3.43. The Labute approximate surface area is 173 Å². The fourth-order valence-corrected chi connectivity index (χ4v) is 3.60. The molecule has 0 saturated heterocycles. The fourth-order valence-electron chi connectivity index (χ4n) is 2.63. The van der Waals surface area contributed by atoms with Gasteiger partial charge in [-0.2, -0.15) is 0 Å². The van der Waals surface area contributed by atoms with E-state index in [0.29, 0.717) is 21.6 Å². The summed E-state index contributed by atoms with van der Waals surface area (Å²) in [5.74, 6) is 1.12. The molecular weight excluding hydrogens is 396 g/mol. The molecule has 1 aromatic heterocycles. The van der Waals surface area contributed by atoms with Gasteiger partial charge >= 0.3 is 0 Å². The van der Waals surface area contributed by atoms with Crippen molar-refractivity contribution in [3.05, 3.63) is 53.1 Å². The standard InChI is InChI=1S/C20H21ClN4O2S/c1-12-10-16(17(27-4)11-15(12)21)22-19(26)13(2)28-20-24-23-18(25(20)3)14-8-6-5-7-9-14/h5-11,13H,1-4H3,(H,22,26)/t13-/m1/s1. The van der Waals surface area contributed by atoms with E-state index in [2.05, 4.69) is 15.5 Å². The first-order valence-corrected chi connectivity index (χ1v) is 9.93. The van der Waals surface area contributed by atoms with Crippen molar-refractivity contribution >= 4 is 35.0 Å². The first kappa shape index (κ1) is 20.2. The number of hydrogen-bond acceptors (Lipinski definition) is 5. The van der Waals surface area contributed by atoms with Gasteiger partial charge in [-0.1, -0.05) is 53.7 Å². The smallest absolute Gasteiger partial charge is 0.237 e. The van der Waals surface area contributed by atoms with Gasteiger partial charge in [0.1, 0.15) is 5.75 Å². The molecule has 0 radical (unpaired) electrons. The van der Waals surface area contributed by atoms with Crippen molar-refractivity contribution in [2.45, 2.75) is 24.3 Å². The minimum atomic E-state index is -0.382. The number of nitrogens with one attached hydrogen (secondary N) is 1. The third-order valence-electron chi connectivity index (χ3n) is 4.26. The van der Waals surface area contributed by atoms with Gasteiger partial charge in [-0.3, -0.25) is 4.79 Å². The number of hydrogen-bond donors (Lipinski definition) is 1. The predicted molar refractivity (Wildman–Crippen MR) is 113 cm³/mol. The highest BCUT2D eigenvalue weighted by atomic mass is 35.5. The molecule has 0 aliphatic rings. The van der Waals surface area contributed by atoms with Crippen LogP contribution in [0.3, 0.4) is 0 Å². The summed E-state index contributed by atoms with van der Waals surface area (Å²) in [5.41, 5.74) is 2.42. The molecule has 1 N–H and O–H groups in total. The molecule has 1 atom stereocenters. The Morgan fingerprint density at radius 2 is 1.96 bits per heavy atom. The number of anilines is 1. The highest BCUT2D eigenvalue weighted by Gasteiger charge is 2.21. The Morgan fingerprint density at radius 1 is 1.25 bits per heavy atom. The number of aromatic nitrogens is 3. The summed E-state index contributed by atoms with van der Waals surface area (Å²) in [6, 6.07) is 13.3. The van der Waals surface area contributed by atoms with Crippen LogP contribution in [-0.4, -0.2) is 33.0 Å². The maximum atomic E-state index is 12.7. The number of carbonyl (C=O) groups excluding carboxylic acids is 1. The third kappa shape index (κ3) is 4.31. The first-order chi connectivity index (χ1) is 13.4. The number of thioether (sulfide) groups is 1. The van der Waals surface area contributed by atoms with Crippen LogP contribution >= 0.6 is 23.4 Å².